The lowest BCUT2D eigenvalue weighted by Crippen LogP contribution is -2.38. The number of piperidine rings is 1. The van der Waals surface area contributed by atoms with Crippen molar-refractivity contribution in [2.24, 2.45) is 13.0 Å². The van der Waals surface area contributed by atoms with Crippen molar-refractivity contribution in [1.82, 2.24) is 44.8 Å². The minimum Gasteiger partial charge on any atom is -0.468 e. The molecule has 262 valence electrons. The molecular weight excluding hydrogens is 645 g/mol. The summed E-state index contributed by atoms with van der Waals surface area (Å²) < 4.78 is 25.1. The van der Waals surface area contributed by atoms with E-state index < -0.39 is 11.8 Å². The monoisotopic (exact) mass is 685 g/mol. The van der Waals surface area contributed by atoms with Crippen LogP contribution in [-0.2, 0) is 50.6 Å². The molecule has 0 aliphatic carbocycles. The molecule has 1 N–H and O–H groups in total. The van der Waals surface area contributed by atoms with Crippen LogP contribution < -0.4 is 5.32 Å². The molecule has 1 saturated heterocycles. The highest BCUT2D eigenvalue weighted by Crippen LogP contribution is 2.40. The predicted molar refractivity (Wildman–Crippen MR) is 181 cm³/mol. The maximum atomic E-state index is 15.8. The van der Waals surface area contributed by atoms with Gasteiger partial charge in [-0.05, 0) is 36.6 Å². The normalized spacial score (nSPS) is 13.8. The zero-order valence-corrected chi connectivity index (χ0v) is 28.6. The van der Waals surface area contributed by atoms with Gasteiger partial charge in [-0.1, -0.05) is 31.2 Å². The van der Waals surface area contributed by atoms with Crippen LogP contribution in [0.2, 0.25) is 0 Å². The average molecular weight is 686 g/mol. The quantitative estimate of drug-likeness (QED) is 0.194. The Morgan fingerprint density at radius 2 is 1.82 bits per heavy atom. The van der Waals surface area contributed by atoms with Gasteiger partial charge in [0.05, 0.1) is 42.8 Å². The van der Waals surface area contributed by atoms with Crippen LogP contribution >= 0.6 is 0 Å². The number of hydrogen-bond acceptors (Lipinski definition) is 9. The molecule has 1 fully saturated rings. The summed E-state index contributed by atoms with van der Waals surface area (Å²) in [6.07, 6.45) is 4.85. The molecule has 0 atom stereocenters. The maximum absolute atomic E-state index is 15.8. The molecule has 15 heteroatoms. The molecule has 50 heavy (non-hydrogen) atoms. The highest BCUT2D eigenvalue weighted by molar-refractivity contribution is 6.00. The van der Waals surface area contributed by atoms with E-state index in [9.17, 15) is 19.2 Å². The number of ketones is 1. The molecule has 1 aliphatic rings. The minimum absolute atomic E-state index is 0.0397. The lowest BCUT2D eigenvalue weighted by molar-refractivity contribution is -0.141. The van der Waals surface area contributed by atoms with Gasteiger partial charge >= 0.3 is 5.97 Å². The van der Waals surface area contributed by atoms with Crippen LogP contribution in [-0.4, -0.2) is 83.2 Å². The number of ether oxygens (including phenoxy) is 1. The molecule has 1 aliphatic heterocycles. The first kappa shape index (κ1) is 34.4. The Labute approximate surface area is 287 Å². The van der Waals surface area contributed by atoms with E-state index in [0.29, 0.717) is 53.7 Å². The number of likely N-dealkylation sites (tertiary alicyclic amines) is 1. The lowest BCUT2D eigenvalue weighted by atomic mass is 9.88. The van der Waals surface area contributed by atoms with Gasteiger partial charge in [0.1, 0.15) is 30.4 Å². The van der Waals surface area contributed by atoms with Crippen LogP contribution in [0.3, 0.4) is 0 Å². The van der Waals surface area contributed by atoms with Gasteiger partial charge in [0.2, 0.25) is 11.8 Å². The number of fused-ring (bicyclic) bond motifs is 2. The van der Waals surface area contributed by atoms with E-state index in [4.69, 9.17) is 5.10 Å². The molecule has 6 rings (SSSR count). The largest absolute Gasteiger partial charge is 0.468 e. The van der Waals surface area contributed by atoms with Crippen LogP contribution in [0.5, 0.6) is 0 Å². The van der Waals surface area contributed by atoms with Gasteiger partial charge in [-0.15, -0.1) is 5.10 Å². The summed E-state index contributed by atoms with van der Waals surface area (Å²) in [5.74, 6) is -1.33. The van der Waals surface area contributed by atoms with Crippen molar-refractivity contribution < 1.29 is 28.3 Å². The summed E-state index contributed by atoms with van der Waals surface area (Å²) in [5.41, 5.74) is 3.70. The molecule has 0 saturated carbocycles. The number of aryl methyl sites for hydroxylation is 1. The van der Waals surface area contributed by atoms with Gasteiger partial charge in [0.25, 0.3) is 0 Å². The van der Waals surface area contributed by atoms with Crippen LogP contribution in [0.4, 0.5) is 4.39 Å². The van der Waals surface area contributed by atoms with Crippen molar-refractivity contribution in [2.45, 2.75) is 65.1 Å². The van der Waals surface area contributed by atoms with E-state index in [2.05, 4.69) is 25.5 Å². The molecule has 0 unspecified atom stereocenters. The smallest absolute Gasteiger partial charge is 0.327 e. The fraction of sp³-hybridized carbons (Fsp3) is 0.429. The van der Waals surface area contributed by atoms with Gasteiger partial charge in [0.15, 0.2) is 0 Å². The van der Waals surface area contributed by atoms with Crippen molar-refractivity contribution in [3.63, 3.8) is 0 Å². The Morgan fingerprint density at radius 3 is 2.56 bits per heavy atom. The van der Waals surface area contributed by atoms with Gasteiger partial charge < -0.3 is 15.0 Å². The predicted octanol–water partition coefficient (Wildman–Crippen LogP) is 3.52. The van der Waals surface area contributed by atoms with Crippen molar-refractivity contribution in [3.8, 4) is 11.1 Å². The standard InChI is InChI=1S/C35H40FN9O5/c1-21(2)30(46)8-9-32(48)43-12-10-22(11-13-43)35-34-25(26-15-29-23(14-27(26)36)16-38-42(29)3)6-5-7-28(34)45(40-35)19-31(47)37-17-24-18-44(41-39-24)20-33(49)50-4/h5-7,14-16,18,21-22H,8-13,17,19-20H2,1-4H3,(H,37,47). The molecule has 2 aromatic carbocycles. The number of aromatic nitrogens is 7. The number of nitrogens with one attached hydrogen (secondary N) is 1. The Kier molecular flexibility index (Phi) is 10.0. The van der Waals surface area contributed by atoms with E-state index in [-0.39, 0.29) is 61.9 Å². The van der Waals surface area contributed by atoms with Gasteiger partial charge in [-0.3, -0.25) is 28.5 Å². The second kappa shape index (κ2) is 14.6. The third-order valence-corrected chi connectivity index (χ3v) is 9.26. The highest BCUT2D eigenvalue weighted by atomic mass is 19.1. The van der Waals surface area contributed by atoms with E-state index in [1.54, 1.807) is 39.8 Å². The number of Topliss-reactive ketones (excluding diaryl/α,β-unsaturated/α-hetero) is 1. The summed E-state index contributed by atoms with van der Waals surface area (Å²) >= 11 is 0. The number of rotatable bonds is 12. The fourth-order valence-electron chi connectivity index (χ4n) is 6.42. The van der Waals surface area contributed by atoms with E-state index in [0.717, 1.165) is 16.6 Å². The van der Waals surface area contributed by atoms with Crippen LogP contribution in [0, 0.1) is 11.7 Å². The molecule has 5 aromatic rings. The number of carbonyl (C=O) groups is 4. The number of halogens is 1. The Balaban J connectivity index is 1.27. The number of hydrogen-bond donors (Lipinski definition) is 1. The average Bonchev–Trinajstić information content (AvgIpc) is 3.82. The van der Waals surface area contributed by atoms with Gasteiger partial charge in [-0.25, -0.2) is 9.07 Å². The summed E-state index contributed by atoms with van der Waals surface area (Å²) in [5, 5.41) is 21.4. The van der Waals surface area contributed by atoms with Crippen LogP contribution in [0.15, 0.2) is 42.7 Å². The van der Waals surface area contributed by atoms with E-state index >= 15 is 4.39 Å². The number of benzene rings is 2. The SMILES string of the molecule is COC(=O)Cn1cc(CNC(=O)Cn2nc(C3CCN(C(=O)CCC(=O)C(C)C)CC3)c3c(-c4cc5c(cnn5C)cc4F)cccc32)nn1. The first-order chi connectivity index (χ1) is 24.0. The second-order valence-corrected chi connectivity index (χ2v) is 12.9. The molecule has 4 heterocycles. The summed E-state index contributed by atoms with van der Waals surface area (Å²) in [4.78, 5) is 51.7. The highest BCUT2D eigenvalue weighted by Gasteiger charge is 2.30. The fourth-order valence-corrected chi connectivity index (χ4v) is 6.42. The zero-order valence-electron chi connectivity index (χ0n) is 28.6. The number of nitrogens with zero attached hydrogens (tertiary/aromatic N) is 8. The summed E-state index contributed by atoms with van der Waals surface area (Å²) in [7, 11) is 3.09. The second-order valence-electron chi connectivity index (χ2n) is 12.9. The Hall–Kier alpha value is -5.47. The molecule has 0 bridgehead atoms. The van der Waals surface area contributed by atoms with Crippen molar-refractivity contribution in [1.29, 1.82) is 0 Å². The third-order valence-electron chi connectivity index (χ3n) is 9.26. The first-order valence-corrected chi connectivity index (χ1v) is 16.7. The summed E-state index contributed by atoms with van der Waals surface area (Å²) in [6.45, 7) is 4.55. The van der Waals surface area contributed by atoms with Gasteiger partial charge in [0, 0.05) is 61.2 Å². The molecular formula is C35H40FN9O5. The number of carbonyl (C=O) groups excluding carboxylic acids is 4. The topological polar surface area (TPSA) is 159 Å². The lowest BCUT2D eigenvalue weighted by Gasteiger charge is -2.31. The Bertz CT molecular complexity index is 2070. The minimum atomic E-state index is -0.471. The third kappa shape index (κ3) is 7.26. The van der Waals surface area contributed by atoms with E-state index in [1.807, 2.05) is 32.0 Å². The molecule has 0 radical (unpaired) electrons. The molecule has 0 spiro atoms. The van der Waals surface area contributed by atoms with Crippen LogP contribution in [0.25, 0.3) is 32.9 Å². The number of methoxy groups -OCH3 is 1. The summed E-state index contributed by atoms with van der Waals surface area (Å²) in [6, 6.07) is 8.81. The number of esters is 1. The number of amides is 2. The van der Waals surface area contributed by atoms with Crippen LogP contribution in [0.1, 0.15) is 56.8 Å². The van der Waals surface area contributed by atoms with Gasteiger partial charge in [-0.2, -0.15) is 10.2 Å². The van der Waals surface area contributed by atoms with Crippen molar-refractivity contribution >= 4 is 45.4 Å². The van der Waals surface area contributed by atoms with E-state index in [1.165, 1.54) is 17.9 Å². The molecule has 2 amide bonds. The maximum Gasteiger partial charge on any atom is 0.327 e. The first-order valence-electron chi connectivity index (χ1n) is 16.7. The Morgan fingerprint density at radius 1 is 1.04 bits per heavy atom. The van der Waals surface area contributed by atoms with Crippen molar-refractivity contribution in [2.75, 3.05) is 20.2 Å². The van der Waals surface area contributed by atoms with Crippen molar-refractivity contribution in [3.05, 3.63) is 59.9 Å². The zero-order chi connectivity index (χ0) is 35.5. The molecule has 14 nitrogen and oxygen atoms in total. The molecule has 3 aromatic heterocycles.